The maximum absolute atomic E-state index is 12.3. The Bertz CT molecular complexity index is 850. The van der Waals surface area contributed by atoms with E-state index in [0.717, 1.165) is 27.3 Å². The number of nitrogens with one attached hydrogen (secondary N) is 3. The van der Waals surface area contributed by atoms with Gasteiger partial charge in [-0.05, 0) is 49.6 Å². The number of hydrogen-bond acceptors (Lipinski definition) is 2. The summed E-state index contributed by atoms with van der Waals surface area (Å²) in [4.78, 5) is 25.5. The summed E-state index contributed by atoms with van der Waals surface area (Å²) in [7, 11) is 1.81. The number of carbonyl (C=O) groups excluding carboxylic acids is 2. The van der Waals surface area contributed by atoms with Gasteiger partial charge in [-0.3, -0.25) is 9.59 Å². The summed E-state index contributed by atoms with van der Waals surface area (Å²) in [5, 5.41) is 6.91. The maximum Gasteiger partial charge on any atom is 0.279 e. The summed E-state index contributed by atoms with van der Waals surface area (Å²) < 4.78 is 0. The van der Waals surface area contributed by atoms with E-state index in [1.807, 2.05) is 46.0 Å². The smallest absolute Gasteiger partial charge is 0.279 e. The zero-order chi connectivity index (χ0) is 20.8. The molecule has 0 bridgehead atoms. The molecular weight excluding hydrogens is 397 g/mol. The number of para-hydroxylation sites is 1. The zero-order valence-corrected chi connectivity index (χ0v) is 18.0. The monoisotopic (exact) mass is 422 g/mol. The lowest BCUT2D eigenvalue weighted by Gasteiger charge is -2.18. The van der Waals surface area contributed by atoms with Crippen LogP contribution in [0.25, 0.3) is 0 Å². The SMILES string of the molecule is Cc1cccc(C)c1NC(=O)C[NH+](C)CC(=O)N[C@@H](C)c1ccc(Cl)cc1Cl. The van der Waals surface area contributed by atoms with Crippen LogP contribution in [0.2, 0.25) is 10.0 Å². The van der Waals surface area contributed by atoms with Crippen molar-refractivity contribution in [2.75, 3.05) is 25.5 Å². The predicted molar refractivity (Wildman–Crippen MR) is 114 cm³/mol. The van der Waals surface area contributed by atoms with E-state index in [4.69, 9.17) is 23.2 Å². The molecule has 2 rings (SSSR count). The predicted octanol–water partition coefficient (Wildman–Crippen LogP) is 2.94. The fourth-order valence-electron chi connectivity index (χ4n) is 3.03. The van der Waals surface area contributed by atoms with Gasteiger partial charge in [-0.15, -0.1) is 0 Å². The van der Waals surface area contributed by atoms with Crippen LogP contribution >= 0.6 is 23.2 Å². The molecule has 2 amide bonds. The summed E-state index contributed by atoms with van der Waals surface area (Å²) >= 11 is 12.1. The van der Waals surface area contributed by atoms with Crippen LogP contribution in [0.4, 0.5) is 5.69 Å². The van der Waals surface area contributed by atoms with Gasteiger partial charge < -0.3 is 15.5 Å². The van der Waals surface area contributed by atoms with Crippen LogP contribution < -0.4 is 15.5 Å². The number of benzene rings is 2. The summed E-state index contributed by atoms with van der Waals surface area (Å²) in [6.45, 7) is 6.13. The van der Waals surface area contributed by atoms with E-state index in [1.165, 1.54) is 0 Å². The Balaban J connectivity index is 1.87. The number of likely N-dealkylation sites (N-methyl/N-ethyl adjacent to an activating group) is 1. The lowest BCUT2D eigenvalue weighted by atomic mass is 10.1. The highest BCUT2D eigenvalue weighted by Crippen LogP contribution is 2.25. The molecule has 0 heterocycles. The van der Waals surface area contributed by atoms with Gasteiger partial charge >= 0.3 is 0 Å². The number of quaternary nitrogens is 1. The third-order valence-electron chi connectivity index (χ3n) is 4.48. The molecule has 3 N–H and O–H groups in total. The molecule has 1 unspecified atom stereocenters. The first-order chi connectivity index (χ1) is 13.2. The van der Waals surface area contributed by atoms with Gasteiger partial charge in [-0.1, -0.05) is 47.5 Å². The van der Waals surface area contributed by atoms with E-state index in [-0.39, 0.29) is 30.9 Å². The molecule has 28 heavy (non-hydrogen) atoms. The number of carbonyl (C=O) groups is 2. The van der Waals surface area contributed by atoms with Crippen LogP contribution in [-0.2, 0) is 9.59 Å². The lowest BCUT2D eigenvalue weighted by Crippen LogP contribution is -3.11. The van der Waals surface area contributed by atoms with Crippen LogP contribution in [-0.4, -0.2) is 32.0 Å². The highest BCUT2D eigenvalue weighted by molar-refractivity contribution is 6.35. The molecule has 0 aliphatic heterocycles. The molecule has 0 radical (unpaired) electrons. The number of aryl methyl sites for hydroxylation is 2. The van der Waals surface area contributed by atoms with E-state index in [2.05, 4.69) is 10.6 Å². The maximum atomic E-state index is 12.3. The third kappa shape index (κ3) is 6.23. The molecule has 150 valence electrons. The van der Waals surface area contributed by atoms with Crippen molar-refractivity contribution in [3.8, 4) is 0 Å². The van der Waals surface area contributed by atoms with Gasteiger partial charge in [0.05, 0.1) is 13.1 Å². The van der Waals surface area contributed by atoms with Crippen molar-refractivity contribution in [2.24, 2.45) is 0 Å². The van der Waals surface area contributed by atoms with E-state index in [1.54, 1.807) is 18.2 Å². The van der Waals surface area contributed by atoms with Gasteiger partial charge in [0.2, 0.25) is 0 Å². The van der Waals surface area contributed by atoms with E-state index in [9.17, 15) is 9.59 Å². The normalized spacial score (nSPS) is 12.9. The minimum absolute atomic E-state index is 0.128. The van der Waals surface area contributed by atoms with Crippen molar-refractivity contribution < 1.29 is 14.5 Å². The highest BCUT2D eigenvalue weighted by Gasteiger charge is 2.18. The minimum atomic E-state index is -0.256. The van der Waals surface area contributed by atoms with Crippen LogP contribution in [0.3, 0.4) is 0 Å². The Morgan fingerprint density at radius 3 is 2.25 bits per heavy atom. The van der Waals surface area contributed by atoms with Crippen molar-refractivity contribution in [2.45, 2.75) is 26.8 Å². The van der Waals surface area contributed by atoms with Crippen LogP contribution in [0.1, 0.15) is 29.7 Å². The van der Waals surface area contributed by atoms with E-state index < -0.39 is 0 Å². The Labute approximate surface area is 176 Å². The molecule has 2 aromatic rings. The van der Waals surface area contributed by atoms with Crippen LogP contribution in [0.5, 0.6) is 0 Å². The molecule has 7 heteroatoms. The minimum Gasteiger partial charge on any atom is -0.345 e. The second kappa shape index (κ2) is 9.92. The fraction of sp³-hybridized carbons (Fsp3) is 0.333. The largest absolute Gasteiger partial charge is 0.345 e. The molecule has 0 aliphatic carbocycles. The first kappa shape index (κ1) is 22.2. The van der Waals surface area contributed by atoms with Crippen molar-refractivity contribution in [1.29, 1.82) is 0 Å². The molecule has 2 atom stereocenters. The van der Waals surface area contributed by atoms with Crippen molar-refractivity contribution >= 4 is 40.7 Å². The summed E-state index contributed by atoms with van der Waals surface area (Å²) in [5.41, 5.74) is 3.65. The van der Waals surface area contributed by atoms with Crippen molar-refractivity contribution in [3.05, 3.63) is 63.1 Å². The lowest BCUT2D eigenvalue weighted by molar-refractivity contribution is -0.862. The zero-order valence-electron chi connectivity index (χ0n) is 16.5. The second-order valence-corrected chi connectivity index (χ2v) is 7.92. The Hall–Kier alpha value is -2.08. The molecule has 5 nitrogen and oxygen atoms in total. The summed E-state index contributed by atoms with van der Waals surface area (Å²) in [5.74, 6) is -0.285. The fourth-order valence-corrected chi connectivity index (χ4v) is 3.60. The molecule has 0 saturated carbocycles. The Morgan fingerprint density at radius 2 is 1.64 bits per heavy atom. The molecule has 0 aromatic heterocycles. The van der Waals surface area contributed by atoms with Gasteiger partial charge in [0, 0.05) is 15.7 Å². The number of halogens is 2. The summed E-state index contributed by atoms with van der Waals surface area (Å²) in [6, 6.07) is 10.8. The average Bonchev–Trinajstić information content (AvgIpc) is 2.57. The Morgan fingerprint density at radius 1 is 1.04 bits per heavy atom. The number of rotatable bonds is 7. The van der Waals surface area contributed by atoms with Gasteiger partial charge in [0.25, 0.3) is 11.8 Å². The van der Waals surface area contributed by atoms with Gasteiger partial charge in [-0.25, -0.2) is 0 Å². The van der Waals surface area contributed by atoms with Crippen LogP contribution in [0, 0.1) is 13.8 Å². The first-order valence-electron chi connectivity index (χ1n) is 9.09. The summed E-state index contributed by atoms with van der Waals surface area (Å²) in [6.07, 6.45) is 0. The third-order valence-corrected chi connectivity index (χ3v) is 5.04. The van der Waals surface area contributed by atoms with E-state index in [0.29, 0.717) is 10.0 Å². The number of amides is 2. The highest BCUT2D eigenvalue weighted by atomic mass is 35.5. The standard InChI is InChI=1S/C21H25Cl2N3O2/c1-13-6-5-7-14(2)21(13)25-20(28)12-26(4)11-19(27)24-15(3)17-9-8-16(22)10-18(17)23/h5-10,15H,11-12H2,1-4H3,(H,24,27)(H,25,28)/p+1/t15-/m0/s1. The van der Waals surface area contributed by atoms with E-state index >= 15 is 0 Å². The van der Waals surface area contributed by atoms with Crippen molar-refractivity contribution in [1.82, 2.24) is 5.32 Å². The van der Waals surface area contributed by atoms with Gasteiger partial charge in [-0.2, -0.15) is 0 Å². The van der Waals surface area contributed by atoms with Crippen molar-refractivity contribution in [3.63, 3.8) is 0 Å². The molecule has 0 fully saturated rings. The molecular formula is C21H26Cl2N3O2+. The molecule has 0 aliphatic rings. The molecule has 0 spiro atoms. The van der Waals surface area contributed by atoms with Gasteiger partial charge in [0.15, 0.2) is 13.1 Å². The van der Waals surface area contributed by atoms with Gasteiger partial charge in [0.1, 0.15) is 0 Å². The quantitative estimate of drug-likeness (QED) is 0.642. The second-order valence-electron chi connectivity index (χ2n) is 7.08. The number of anilines is 1. The number of hydrogen-bond donors (Lipinski definition) is 3. The average molecular weight is 423 g/mol. The molecule has 2 aromatic carbocycles. The molecule has 0 saturated heterocycles. The van der Waals surface area contributed by atoms with Crippen LogP contribution in [0.15, 0.2) is 36.4 Å². The topological polar surface area (TPSA) is 62.6 Å². The Kier molecular flexibility index (Phi) is 7.87. The first-order valence-corrected chi connectivity index (χ1v) is 9.84.